The van der Waals surface area contributed by atoms with Crippen LogP contribution in [0.1, 0.15) is 21.6 Å². The van der Waals surface area contributed by atoms with Crippen LogP contribution < -0.4 is 4.74 Å². The molecule has 0 spiro atoms. The molecule has 0 aliphatic rings. The second kappa shape index (κ2) is 8.49. The van der Waals surface area contributed by atoms with E-state index in [1.54, 1.807) is 19.1 Å². The van der Waals surface area contributed by atoms with Crippen molar-refractivity contribution in [3.63, 3.8) is 0 Å². The van der Waals surface area contributed by atoms with Gasteiger partial charge in [-0.25, -0.2) is 4.39 Å². The van der Waals surface area contributed by atoms with E-state index in [0.29, 0.717) is 38.5 Å². The van der Waals surface area contributed by atoms with Gasteiger partial charge in [-0.05, 0) is 48.9 Å². The average Bonchev–Trinajstić information content (AvgIpc) is 2.96. The van der Waals surface area contributed by atoms with E-state index < -0.39 is 11.8 Å². The van der Waals surface area contributed by atoms with Gasteiger partial charge in [0, 0.05) is 16.6 Å². The number of halogens is 2. The lowest BCUT2D eigenvalue weighted by Gasteiger charge is -2.08. The van der Waals surface area contributed by atoms with Gasteiger partial charge in [-0.3, -0.25) is 14.2 Å². The Bertz CT molecular complexity index is 1100. The van der Waals surface area contributed by atoms with Crippen molar-refractivity contribution in [3.05, 3.63) is 76.7 Å². The molecule has 0 unspecified atom stereocenters. The Morgan fingerprint density at radius 2 is 1.93 bits per heavy atom. The van der Waals surface area contributed by atoms with E-state index in [9.17, 15) is 14.0 Å². The number of fused-ring (bicyclic) bond motifs is 1. The van der Waals surface area contributed by atoms with Gasteiger partial charge in [-0.15, -0.1) is 0 Å². The fourth-order valence-corrected chi connectivity index (χ4v) is 3.43. The highest BCUT2D eigenvalue weighted by Gasteiger charge is 2.23. The van der Waals surface area contributed by atoms with Gasteiger partial charge < -0.3 is 9.47 Å². The molecule has 0 radical (unpaired) electrons. The maximum atomic E-state index is 13.3. The van der Waals surface area contributed by atoms with E-state index in [2.05, 4.69) is 6.58 Å². The molecule has 0 saturated heterocycles. The molecular weight excluding hydrogens is 397 g/mol. The second-order valence-electron chi connectivity index (χ2n) is 6.36. The lowest BCUT2D eigenvalue weighted by molar-refractivity contribution is -0.141. The van der Waals surface area contributed by atoms with Crippen molar-refractivity contribution in [3.8, 4) is 5.75 Å². The third-order valence-electron chi connectivity index (χ3n) is 4.59. The number of carbonyl (C=O) groups excluding carboxylic acids is 2. The van der Waals surface area contributed by atoms with Gasteiger partial charge in [-0.2, -0.15) is 0 Å². The van der Waals surface area contributed by atoms with Gasteiger partial charge in [0.25, 0.3) is 5.91 Å². The molecule has 5 nitrogen and oxygen atoms in total. The Morgan fingerprint density at radius 1 is 1.24 bits per heavy atom. The van der Waals surface area contributed by atoms with Crippen molar-refractivity contribution >= 4 is 34.4 Å². The first-order chi connectivity index (χ1) is 13.9. The molecule has 1 heterocycles. The fraction of sp³-hybridized carbons (Fsp3) is 0.182. The highest BCUT2D eigenvalue weighted by molar-refractivity contribution is 6.33. The Hall–Kier alpha value is -3.12. The smallest absolute Gasteiger partial charge is 0.310 e. The van der Waals surface area contributed by atoms with Crippen molar-refractivity contribution in [2.45, 2.75) is 13.3 Å². The monoisotopic (exact) mass is 415 g/mol. The predicted molar refractivity (Wildman–Crippen MR) is 109 cm³/mol. The van der Waals surface area contributed by atoms with Crippen LogP contribution >= 0.6 is 11.6 Å². The Balaban J connectivity index is 2.18. The van der Waals surface area contributed by atoms with Gasteiger partial charge in [-0.1, -0.05) is 24.3 Å². The fourth-order valence-electron chi connectivity index (χ4n) is 3.19. The number of ether oxygens (including phenoxy) is 2. The van der Waals surface area contributed by atoms with Gasteiger partial charge in [0.2, 0.25) is 0 Å². The van der Waals surface area contributed by atoms with Crippen LogP contribution in [0.15, 0.2) is 49.1 Å². The summed E-state index contributed by atoms with van der Waals surface area (Å²) in [7, 11) is 1.48. The summed E-state index contributed by atoms with van der Waals surface area (Å²) in [5.74, 6) is -0.824. The Kier molecular flexibility index (Phi) is 6.03. The minimum absolute atomic E-state index is 0.0370. The number of hydrogen-bond acceptors (Lipinski definition) is 4. The molecule has 0 fully saturated rings. The highest BCUT2D eigenvalue weighted by Crippen LogP contribution is 2.35. The zero-order chi connectivity index (χ0) is 21.1. The number of methoxy groups -OCH3 is 1. The minimum Gasteiger partial charge on any atom is -0.495 e. The van der Waals surface area contributed by atoms with Gasteiger partial charge in [0.15, 0.2) is 0 Å². The van der Waals surface area contributed by atoms with Crippen LogP contribution in [-0.4, -0.2) is 30.2 Å². The standard InChI is InChI=1S/C22H19ClFNO4/c1-4-9-29-21(26)11-16-13(2)25(22(27)14-5-7-15(24)8-6-14)19-12-18(23)20(28-3)10-17(16)19/h4-8,10,12H,1,9,11H2,2-3H3. The number of rotatable bonds is 6. The van der Waals surface area contributed by atoms with E-state index in [4.69, 9.17) is 21.1 Å². The highest BCUT2D eigenvalue weighted by atomic mass is 35.5. The number of hydrogen-bond donors (Lipinski definition) is 0. The third kappa shape index (κ3) is 4.03. The lowest BCUT2D eigenvalue weighted by atomic mass is 10.1. The van der Waals surface area contributed by atoms with E-state index >= 15 is 0 Å². The van der Waals surface area contributed by atoms with Crippen LogP contribution in [0.3, 0.4) is 0 Å². The topological polar surface area (TPSA) is 57.5 Å². The van der Waals surface area contributed by atoms with Crippen molar-refractivity contribution in [1.29, 1.82) is 0 Å². The van der Waals surface area contributed by atoms with Crippen LogP contribution in [0.4, 0.5) is 4.39 Å². The molecule has 7 heteroatoms. The quantitative estimate of drug-likeness (QED) is 0.432. The van der Waals surface area contributed by atoms with E-state index in [0.717, 1.165) is 0 Å². The van der Waals surface area contributed by atoms with Crippen LogP contribution in [-0.2, 0) is 16.0 Å². The number of carbonyl (C=O) groups is 2. The molecule has 0 aliphatic heterocycles. The normalized spacial score (nSPS) is 10.8. The summed E-state index contributed by atoms with van der Waals surface area (Å²) in [6.45, 7) is 5.35. The molecule has 2 aromatic carbocycles. The minimum atomic E-state index is -0.449. The van der Waals surface area contributed by atoms with E-state index in [1.165, 1.54) is 42.0 Å². The number of benzene rings is 2. The number of esters is 1. The Morgan fingerprint density at radius 3 is 2.55 bits per heavy atom. The molecule has 0 amide bonds. The van der Waals surface area contributed by atoms with Crippen LogP contribution in [0.25, 0.3) is 10.9 Å². The summed E-state index contributed by atoms with van der Waals surface area (Å²) in [5, 5.41) is 0.973. The number of aromatic nitrogens is 1. The molecule has 0 N–H and O–H groups in total. The van der Waals surface area contributed by atoms with Gasteiger partial charge >= 0.3 is 5.97 Å². The Labute approximate surface area is 172 Å². The molecule has 150 valence electrons. The first kappa shape index (κ1) is 20.6. The molecule has 0 aliphatic carbocycles. The van der Waals surface area contributed by atoms with Crippen LogP contribution in [0.2, 0.25) is 5.02 Å². The SMILES string of the molecule is C=CCOC(=O)Cc1c(C)n(C(=O)c2ccc(F)cc2)c2cc(Cl)c(OC)cc12. The second-order valence-corrected chi connectivity index (χ2v) is 6.77. The van der Waals surface area contributed by atoms with Crippen molar-refractivity contribution < 1.29 is 23.5 Å². The lowest BCUT2D eigenvalue weighted by Crippen LogP contribution is -2.14. The molecular formula is C22H19ClFNO4. The van der Waals surface area contributed by atoms with E-state index in [1.807, 2.05) is 0 Å². The third-order valence-corrected chi connectivity index (χ3v) is 4.88. The molecule has 3 aromatic rings. The van der Waals surface area contributed by atoms with Crippen molar-refractivity contribution in [2.75, 3.05) is 13.7 Å². The van der Waals surface area contributed by atoms with Crippen molar-refractivity contribution in [2.24, 2.45) is 0 Å². The zero-order valence-corrected chi connectivity index (χ0v) is 16.8. The molecule has 0 atom stereocenters. The molecule has 0 saturated carbocycles. The zero-order valence-electron chi connectivity index (χ0n) is 16.0. The summed E-state index contributed by atoms with van der Waals surface area (Å²) in [6.07, 6.45) is 1.44. The maximum Gasteiger partial charge on any atom is 0.310 e. The van der Waals surface area contributed by atoms with Gasteiger partial charge in [0.1, 0.15) is 18.2 Å². The predicted octanol–water partition coefficient (Wildman–Crippen LogP) is 4.71. The first-order valence-corrected chi connectivity index (χ1v) is 9.19. The first-order valence-electron chi connectivity index (χ1n) is 8.81. The summed E-state index contributed by atoms with van der Waals surface area (Å²) in [4.78, 5) is 25.4. The average molecular weight is 416 g/mol. The molecule has 1 aromatic heterocycles. The largest absolute Gasteiger partial charge is 0.495 e. The van der Waals surface area contributed by atoms with Crippen LogP contribution in [0, 0.1) is 12.7 Å². The van der Waals surface area contributed by atoms with Gasteiger partial charge in [0.05, 0.1) is 24.1 Å². The summed E-state index contributed by atoms with van der Waals surface area (Å²) < 4.78 is 25.1. The summed E-state index contributed by atoms with van der Waals surface area (Å²) >= 11 is 6.28. The number of nitrogens with zero attached hydrogens (tertiary/aromatic N) is 1. The summed E-state index contributed by atoms with van der Waals surface area (Å²) in [6, 6.07) is 8.56. The van der Waals surface area contributed by atoms with E-state index in [-0.39, 0.29) is 18.9 Å². The molecule has 3 rings (SSSR count). The molecule has 0 bridgehead atoms. The maximum absolute atomic E-state index is 13.3. The molecule has 29 heavy (non-hydrogen) atoms. The summed E-state index contributed by atoms with van der Waals surface area (Å²) in [5.41, 5.74) is 2.02. The van der Waals surface area contributed by atoms with Crippen molar-refractivity contribution in [1.82, 2.24) is 4.57 Å². The van der Waals surface area contributed by atoms with Crippen LogP contribution in [0.5, 0.6) is 5.75 Å².